The molecule has 0 spiro atoms. The number of fused-ring (bicyclic) bond motifs is 2. The number of hydrogen-bond donors (Lipinski definition) is 0. The maximum Gasteiger partial charge on any atom is 0.189 e. The van der Waals surface area contributed by atoms with E-state index in [2.05, 4.69) is 42.5 Å². The summed E-state index contributed by atoms with van der Waals surface area (Å²) in [6, 6.07) is 16.4. The van der Waals surface area contributed by atoms with Crippen molar-refractivity contribution < 1.29 is 4.79 Å². The van der Waals surface area contributed by atoms with Crippen LogP contribution in [0.4, 0.5) is 0 Å². The van der Waals surface area contributed by atoms with Crippen LogP contribution < -0.4 is 0 Å². The second kappa shape index (κ2) is 4.85. The van der Waals surface area contributed by atoms with Crippen LogP contribution in [-0.4, -0.2) is 5.78 Å². The van der Waals surface area contributed by atoms with Gasteiger partial charge in [0.05, 0.1) is 0 Å². The van der Waals surface area contributed by atoms with Crippen LogP contribution in [-0.2, 0) is 6.42 Å². The number of benzene rings is 2. The summed E-state index contributed by atoms with van der Waals surface area (Å²) in [7, 11) is 0. The minimum Gasteiger partial charge on any atom is -0.289 e. The van der Waals surface area contributed by atoms with Crippen LogP contribution in [0.25, 0.3) is 11.6 Å². The molecule has 2 aromatic rings. The van der Waals surface area contributed by atoms with Gasteiger partial charge in [0.1, 0.15) is 0 Å². The largest absolute Gasteiger partial charge is 0.289 e. The number of aryl methyl sites for hydroxylation is 1. The normalized spacial score (nSPS) is 20.1. The lowest BCUT2D eigenvalue weighted by Crippen LogP contribution is -2.16. The van der Waals surface area contributed by atoms with Crippen LogP contribution in [0.15, 0.2) is 60.2 Å². The summed E-state index contributed by atoms with van der Waals surface area (Å²) in [5.41, 5.74) is 6.74. The fourth-order valence-electron chi connectivity index (χ4n) is 3.40. The predicted octanol–water partition coefficient (Wildman–Crippen LogP) is 4.69. The van der Waals surface area contributed by atoms with E-state index >= 15 is 0 Å². The number of hydrogen-bond acceptors (Lipinski definition) is 1. The Bertz CT molecular complexity index is 793. The summed E-state index contributed by atoms with van der Waals surface area (Å²) in [5.74, 6) is 0.219. The standard InChI is InChI=1S/C20H16O/c21-20-17-10-4-2-7-15(17)12-13-19(20)18-11-5-8-14-6-1-3-9-16(14)18/h1-10H,11-13H2. The molecule has 21 heavy (non-hydrogen) atoms. The van der Waals surface area contributed by atoms with Gasteiger partial charge >= 0.3 is 0 Å². The van der Waals surface area contributed by atoms with Crippen molar-refractivity contribution in [2.75, 3.05) is 0 Å². The third kappa shape index (κ3) is 1.97. The fourth-order valence-corrected chi connectivity index (χ4v) is 3.40. The summed E-state index contributed by atoms with van der Waals surface area (Å²) in [5, 5.41) is 0. The Balaban J connectivity index is 1.88. The summed E-state index contributed by atoms with van der Waals surface area (Å²) in [4.78, 5) is 12.8. The number of ketones is 1. The van der Waals surface area contributed by atoms with Gasteiger partial charge in [-0.1, -0.05) is 60.7 Å². The number of carbonyl (C=O) groups is 1. The van der Waals surface area contributed by atoms with Crippen LogP contribution >= 0.6 is 0 Å². The zero-order chi connectivity index (χ0) is 14.2. The minimum absolute atomic E-state index is 0.219. The molecule has 102 valence electrons. The Morgan fingerprint density at radius 1 is 0.762 bits per heavy atom. The van der Waals surface area contributed by atoms with E-state index in [1.165, 1.54) is 22.3 Å². The van der Waals surface area contributed by atoms with E-state index in [0.29, 0.717) is 0 Å². The van der Waals surface area contributed by atoms with Crippen molar-refractivity contribution in [3.05, 3.63) is 82.4 Å². The Morgan fingerprint density at radius 2 is 1.52 bits per heavy atom. The van der Waals surface area contributed by atoms with Gasteiger partial charge in [0, 0.05) is 11.1 Å². The van der Waals surface area contributed by atoms with E-state index in [4.69, 9.17) is 0 Å². The highest BCUT2D eigenvalue weighted by atomic mass is 16.1. The van der Waals surface area contributed by atoms with E-state index in [9.17, 15) is 4.79 Å². The third-order valence-electron chi connectivity index (χ3n) is 4.45. The molecule has 0 amide bonds. The molecule has 0 saturated heterocycles. The van der Waals surface area contributed by atoms with E-state index in [0.717, 1.165) is 30.4 Å². The molecule has 0 heterocycles. The van der Waals surface area contributed by atoms with Gasteiger partial charge in [-0.25, -0.2) is 0 Å². The van der Waals surface area contributed by atoms with Gasteiger partial charge in [-0.05, 0) is 41.5 Å². The monoisotopic (exact) mass is 272 g/mol. The maximum atomic E-state index is 12.8. The predicted molar refractivity (Wildman–Crippen MR) is 86.1 cm³/mol. The number of Topliss-reactive ketones (excluding diaryl/α,β-unsaturated/α-hetero) is 1. The number of carbonyl (C=O) groups excluding carboxylic acids is 1. The molecule has 0 saturated carbocycles. The third-order valence-corrected chi connectivity index (χ3v) is 4.45. The quantitative estimate of drug-likeness (QED) is 0.636. The van der Waals surface area contributed by atoms with Gasteiger partial charge in [0.15, 0.2) is 5.78 Å². The lowest BCUT2D eigenvalue weighted by atomic mass is 9.80. The lowest BCUT2D eigenvalue weighted by Gasteiger charge is -2.23. The summed E-state index contributed by atoms with van der Waals surface area (Å²) in [6.07, 6.45) is 7.00. The van der Waals surface area contributed by atoms with Crippen molar-refractivity contribution in [2.45, 2.75) is 19.3 Å². The topological polar surface area (TPSA) is 17.1 Å². The van der Waals surface area contributed by atoms with E-state index in [1.54, 1.807) is 0 Å². The summed E-state index contributed by atoms with van der Waals surface area (Å²) < 4.78 is 0. The Labute approximate surface area is 124 Å². The first-order valence-corrected chi connectivity index (χ1v) is 7.45. The molecular weight excluding hydrogens is 256 g/mol. The van der Waals surface area contributed by atoms with Crippen molar-refractivity contribution >= 4 is 17.4 Å². The summed E-state index contributed by atoms with van der Waals surface area (Å²) in [6.45, 7) is 0. The maximum absolute atomic E-state index is 12.8. The van der Waals surface area contributed by atoms with Gasteiger partial charge in [0.2, 0.25) is 0 Å². The number of rotatable bonds is 0. The Hall–Kier alpha value is -2.41. The van der Waals surface area contributed by atoms with Crippen LogP contribution in [0.3, 0.4) is 0 Å². The molecule has 0 unspecified atom stereocenters. The zero-order valence-electron chi connectivity index (χ0n) is 11.8. The molecule has 0 aliphatic heterocycles. The van der Waals surface area contributed by atoms with Gasteiger partial charge in [0.25, 0.3) is 0 Å². The molecule has 0 aromatic heterocycles. The fraction of sp³-hybridized carbons (Fsp3) is 0.150. The molecule has 2 aliphatic carbocycles. The Morgan fingerprint density at radius 3 is 2.43 bits per heavy atom. The van der Waals surface area contributed by atoms with Crippen molar-refractivity contribution in [3.63, 3.8) is 0 Å². The molecule has 1 heteroatoms. The van der Waals surface area contributed by atoms with Crippen molar-refractivity contribution in [1.29, 1.82) is 0 Å². The van der Waals surface area contributed by atoms with Crippen molar-refractivity contribution in [3.8, 4) is 0 Å². The molecule has 0 bridgehead atoms. The second-order valence-electron chi connectivity index (χ2n) is 5.64. The average molecular weight is 272 g/mol. The molecule has 2 aromatic carbocycles. The average Bonchev–Trinajstić information content (AvgIpc) is 2.55. The SMILES string of the molecule is O=C1C(=C2CC=Cc3ccccc32)CCc2ccccc21. The molecule has 0 N–H and O–H groups in total. The minimum atomic E-state index is 0.219. The van der Waals surface area contributed by atoms with Crippen LogP contribution in [0, 0.1) is 0 Å². The number of allylic oxidation sites excluding steroid dienone is 3. The van der Waals surface area contributed by atoms with Gasteiger partial charge < -0.3 is 0 Å². The van der Waals surface area contributed by atoms with Crippen molar-refractivity contribution in [2.24, 2.45) is 0 Å². The summed E-state index contributed by atoms with van der Waals surface area (Å²) >= 11 is 0. The molecule has 0 radical (unpaired) electrons. The Kier molecular flexibility index (Phi) is 2.85. The first-order valence-electron chi connectivity index (χ1n) is 7.45. The molecule has 0 atom stereocenters. The first kappa shape index (κ1) is 12.3. The molecule has 1 nitrogen and oxygen atoms in total. The van der Waals surface area contributed by atoms with E-state index in [-0.39, 0.29) is 5.78 Å². The highest BCUT2D eigenvalue weighted by molar-refractivity contribution is 6.15. The molecular formula is C20H16O. The van der Waals surface area contributed by atoms with Gasteiger partial charge in [-0.3, -0.25) is 4.79 Å². The molecule has 4 rings (SSSR count). The van der Waals surface area contributed by atoms with Crippen LogP contribution in [0.2, 0.25) is 0 Å². The van der Waals surface area contributed by atoms with E-state index < -0.39 is 0 Å². The smallest absolute Gasteiger partial charge is 0.189 e. The zero-order valence-corrected chi connectivity index (χ0v) is 11.8. The van der Waals surface area contributed by atoms with Gasteiger partial charge in [-0.2, -0.15) is 0 Å². The van der Waals surface area contributed by atoms with Gasteiger partial charge in [-0.15, -0.1) is 0 Å². The van der Waals surface area contributed by atoms with Crippen LogP contribution in [0.5, 0.6) is 0 Å². The van der Waals surface area contributed by atoms with Crippen molar-refractivity contribution in [1.82, 2.24) is 0 Å². The first-order chi connectivity index (χ1) is 10.3. The van der Waals surface area contributed by atoms with E-state index in [1.807, 2.05) is 18.2 Å². The molecule has 0 fully saturated rings. The molecule has 2 aliphatic rings. The second-order valence-corrected chi connectivity index (χ2v) is 5.64. The highest BCUT2D eigenvalue weighted by Crippen LogP contribution is 2.36. The van der Waals surface area contributed by atoms with Crippen LogP contribution in [0.1, 0.15) is 39.9 Å². The lowest BCUT2D eigenvalue weighted by molar-refractivity contribution is 0.102. The highest BCUT2D eigenvalue weighted by Gasteiger charge is 2.25.